The summed E-state index contributed by atoms with van der Waals surface area (Å²) in [6.07, 6.45) is 3.00. The maximum absolute atomic E-state index is 10.7. The first kappa shape index (κ1) is 23.9. The van der Waals surface area contributed by atoms with Gasteiger partial charge >= 0.3 is 0 Å². The highest BCUT2D eigenvalue weighted by Gasteiger charge is 2.27. The Labute approximate surface area is 210 Å². The molecule has 3 aromatic carbocycles. The van der Waals surface area contributed by atoms with Crippen LogP contribution < -0.4 is 9.64 Å². The van der Waals surface area contributed by atoms with E-state index < -0.39 is 6.10 Å². The first-order valence-corrected chi connectivity index (χ1v) is 12.3. The smallest absolute Gasteiger partial charge is 0.128 e. The zero-order chi connectivity index (χ0) is 24.9. The van der Waals surface area contributed by atoms with Gasteiger partial charge in [0.15, 0.2) is 0 Å². The number of aliphatic hydroxyl groups is 1. The molecular formula is C29H31N3O4. The van der Waals surface area contributed by atoms with Gasteiger partial charge in [0.1, 0.15) is 30.0 Å². The van der Waals surface area contributed by atoms with Crippen molar-refractivity contribution in [3.63, 3.8) is 0 Å². The van der Waals surface area contributed by atoms with Crippen LogP contribution in [0.5, 0.6) is 17.2 Å². The fourth-order valence-corrected chi connectivity index (χ4v) is 4.89. The topological polar surface area (TPSA) is 89.3 Å². The fourth-order valence-electron chi connectivity index (χ4n) is 4.89. The molecule has 0 saturated carbocycles. The zero-order valence-electron chi connectivity index (χ0n) is 20.1. The van der Waals surface area contributed by atoms with E-state index in [0.717, 1.165) is 54.0 Å². The standard InChI is InChI=1S/C29H31N3O4/c33-24-10-6-21(7-11-24)32(22-8-12-25(34)13-9-22)23-14-17-31(18-15-23)19-26(35)20-36-29-5-1-4-28-27(29)3-2-16-30-28/h1-13,16,23,26,33-35H,14-15,17-20H2. The molecule has 0 aliphatic carbocycles. The summed E-state index contributed by atoms with van der Waals surface area (Å²) in [5.74, 6) is 1.20. The maximum atomic E-state index is 10.7. The molecule has 1 aromatic heterocycles. The second kappa shape index (κ2) is 10.8. The Balaban J connectivity index is 1.19. The maximum Gasteiger partial charge on any atom is 0.128 e. The van der Waals surface area contributed by atoms with E-state index >= 15 is 0 Å². The molecule has 7 nitrogen and oxygen atoms in total. The molecule has 2 heterocycles. The van der Waals surface area contributed by atoms with Crippen molar-refractivity contribution in [1.82, 2.24) is 9.88 Å². The van der Waals surface area contributed by atoms with Crippen LogP contribution in [-0.4, -0.2) is 63.6 Å². The van der Waals surface area contributed by atoms with Crippen molar-refractivity contribution >= 4 is 22.3 Å². The summed E-state index contributed by atoms with van der Waals surface area (Å²) in [6.45, 7) is 2.48. The predicted molar refractivity (Wildman–Crippen MR) is 141 cm³/mol. The number of likely N-dealkylation sites (tertiary alicyclic amines) is 1. The molecule has 0 amide bonds. The van der Waals surface area contributed by atoms with Crippen LogP contribution in [0.1, 0.15) is 12.8 Å². The summed E-state index contributed by atoms with van der Waals surface area (Å²) >= 11 is 0. The molecule has 4 aromatic rings. The van der Waals surface area contributed by atoms with Crippen molar-refractivity contribution in [2.45, 2.75) is 25.0 Å². The number of nitrogens with zero attached hydrogens (tertiary/aromatic N) is 3. The minimum Gasteiger partial charge on any atom is -0.508 e. The van der Waals surface area contributed by atoms with Crippen LogP contribution in [0.4, 0.5) is 11.4 Å². The third kappa shape index (κ3) is 5.53. The number of fused-ring (bicyclic) bond motifs is 1. The Kier molecular flexibility index (Phi) is 7.21. The van der Waals surface area contributed by atoms with Crippen LogP contribution in [-0.2, 0) is 0 Å². The summed E-state index contributed by atoms with van der Waals surface area (Å²) in [6, 6.07) is 24.3. The van der Waals surface area contributed by atoms with Crippen LogP contribution in [0.2, 0.25) is 0 Å². The van der Waals surface area contributed by atoms with Crippen molar-refractivity contribution in [1.29, 1.82) is 0 Å². The molecule has 3 N–H and O–H groups in total. The molecule has 1 atom stereocenters. The lowest BCUT2D eigenvalue weighted by molar-refractivity contribution is 0.0602. The number of benzene rings is 3. The van der Waals surface area contributed by atoms with Crippen molar-refractivity contribution < 1.29 is 20.1 Å². The SMILES string of the molecule is Oc1ccc(N(c2ccc(O)cc2)C2CCN(CC(O)COc3cccc4ncccc34)CC2)cc1. The fraction of sp³-hybridized carbons (Fsp3) is 0.276. The lowest BCUT2D eigenvalue weighted by Crippen LogP contribution is -2.46. The Morgan fingerprint density at radius 1 is 0.861 bits per heavy atom. The monoisotopic (exact) mass is 485 g/mol. The Bertz CT molecular complexity index is 1220. The zero-order valence-corrected chi connectivity index (χ0v) is 20.1. The van der Waals surface area contributed by atoms with Gasteiger partial charge in [-0.2, -0.15) is 0 Å². The van der Waals surface area contributed by atoms with Crippen LogP contribution in [0.25, 0.3) is 10.9 Å². The van der Waals surface area contributed by atoms with E-state index in [4.69, 9.17) is 4.74 Å². The lowest BCUT2D eigenvalue weighted by Gasteiger charge is -2.40. The van der Waals surface area contributed by atoms with Gasteiger partial charge in [0, 0.05) is 48.6 Å². The average Bonchev–Trinajstić information content (AvgIpc) is 2.91. The van der Waals surface area contributed by atoms with Gasteiger partial charge in [-0.3, -0.25) is 4.98 Å². The average molecular weight is 486 g/mol. The summed E-state index contributed by atoms with van der Waals surface area (Å²) in [5.41, 5.74) is 2.86. The molecule has 5 rings (SSSR count). The molecule has 0 spiro atoms. The van der Waals surface area contributed by atoms with Crippen molar-refractivity contribution in [3.05, 3.63) is 85.1 Å². The van der Waals surface area contributed by atoms with E-state index in [1.165, 1.54) is 0 Å². The Morgan fingerprint density at radius 2 is 1.50 bits per heavy atom. The van der Waals surface area contributed by atoms with Gasteiger partial charge in [-0.1, -0.05) is 6.07 Å². The number of aromatic hydroxyl groups is 2. The van der Waals surface area contributed by atoms with Gasteiger partial charge < -0.3 is 29.9 Å². The molecule has 0 radical (unpaired) electrons. The van der Waals surface area contributed by atoms with Gasteiger partial charge in [0.05, 0.1) is 5.52 Å². The third-order valence-electron chi connectivity index (χ3n) is 6.68. The van der Waals surface area contributed by atoms with Gasteiger partial charge in [-0.15, -0.1) is 0 Å². The van der Waals surface area contributed by atoms with Crippen molar-refractivity contribution in [3.8, 4) is 17.2 Å². The van der Waals surface area contributed by atoms with Gasteiger partial charge in [-0.05, 0) is 85.6 Å². The number of phenolic OH excluding ortho intramolecular Hbond substituents is 2. The van der Waals surface area contributed by atoms with E-state index in [9.17, 15) is 15.3 Å². The number of phenols is 2. The molecule has 1 aliphatic rings. The minimum atomic E-state index is -0.598. The molecule has 1 saturated heterocycles. The van der Waals surface area contributed by atoms with Crippen LogP contribution in [0.3, 0.4) is 0 Å². The number of aromatic nitrogens is 1. The quantitative estimate of drug-likeness (QED) is 0.334. The molecular weight excluding hydrogens is 454 g/mol. The van der Waals surface area contributed by atoms with Gasteiger partial charge in [-0.25, -0.2) is 0 Å². The van der Waals surface area contributed by atoms with Crippen LogP contribution in [0.15, 0.2) is 85.1 Å². The van der Waals surface area contributed by atoms with Crippen LogP contribution in [0, 0.1) is 0 Å². The predicted octanol–water partition coefficient (Wildman–Crippen LogP) is 4.69. The first-order chi connectivity index (χ1) is 17.6. The number of β-amino-alcohol motifs (C(OH)–C–C–N with tert-alkyl or cyclic N) is 1. The van der Waals surface area contributed by atoms with Gasteiger partial charge in [0.2, 0.25) is 0 Å². The number of ether oxygens (including phenoxy) is 1. The second-order valence-electron chi connectivity index (χ2n) is 9.23. The number of anilines is 2. The van der Waals surface area contributed by atoms with E-state index in [2.05, 4.69) is 14.8 Å². The third-order valence-corrected chi connectivity index (χ3v) is 6.68. The van der Waals surface area contributed by atoms with Gasteiger partial charge in [0.25, 0.3) is 0 Å². The van der Waals surface area contributed by atoms with E-state index in [1.807, 2.05) is 54.6 Å². The second-order valence-corrected chi connectivity index (χ2v) is 9.23. The van der Waals surface area contributed by atoms with E-state index in [0.29, 0.717) is 6.54 Å². The molecule has 36 heavy (non-hydrogen) atoms. The van der Waals surface area contributed by atoms with Crippen LogP contribution >= 0.6 is 0 Å². The number of aliphatic hydroxyl groups excluding tert-OH is 1. The van der Waals surface area contributed by atoms with Crippen molar-refractivity contribution in [2.24, 2.45) is 0 Å². The molecule has 1 unspecified atom stereocenters. The lowest BCUT2D eigenvalue weighted by atomic mass is 10.0. The summed E-state index contributed by atoms with van der Waals surface area (Å²) < 4.78 is 5.95. The summed E-state index contributed by atoms with van der Waals surface area (Å²) in [4.78, 5) is 8.90. The molecule has 7 heteroatoms. The largest absolute Gasteiger partial charge is 0.508 e. The number of rotatable bonds is 8. The highest BCUT2D eigenvalue weighted by Crippen LogP contribution is 2.34. The number of hydrogen-bond donors (Lipinski definition) is 3. The molecule has 0 bridgehead atoms. The number of piperidine rings is 1. The Morgan fingerprint density at radius 3 is 2.14 bits per heavy atom. The summed E-state index contributed by atoms with van der Waals surface area (Å²) in [7, 11) is 0. The number of hydrogen-bond acceptors (Lipinski definition) is 7. The Hall–Kier alpha value is -3.81. The highest BCUT2D eigenvalue weighted by atomic mass is 16.5. The molecule has 1 aliphatic heterocycles. The first-order valence-electron chi connectivity index (χ1n) is 12.3. The highest BCUT2D eigenvalue weighted by molar-refractivity contribution is 5.84. The molecule has 186 valence electrons. The van der Waals surface area contributed by atoms with E-state index in [1.54, 1.807) is 30.5 Å². The van der Waals surface area contributed by atoms with Crippen molar-refractivity contribution in [2.75, 3.05) is 31.1 Å². The van der Waals surface area contributed by atoms with E-state index in [-0.39, 0.29) is 24.1 Å². The summed E-state index contributed by atoms with van der Waals surface area (Å²) in [5, 5.41) is 31.1. The molecule has 1 fully saturated rings. The normalized spacial score (nSPS) is 15.6. The number of pyridine rings is 1. The minimum absolute atomic E-state index is 0.223.